The lowest BCUT2D eigenvalue weighted by molar-refractivity contribution is -0.122. The zero-order chi connectivity index (χ0) is 18.8. The molecule has 27 heavy (non-hydrogen) atoms. The molecule has 0 spiro atoms. The molecule has 3 aliphatic rings. The van der Waals surface area contributed by atoms with Gasteiger partial charge >= 0.3 is 0 Å². The van der Waals surface area contributed by atoms with E-state index in [0.29, 0.717) is 13.0 Å². The summed E-state index contributed by atoms with van der Waals surface area (Å²) in [6.07, 6.45) is 9.13. The maximum atomic E-state index is 11.8. The standard InChI is InChI=1S/C23H32N2O2/c1-2-22(27)24-13-20-23(21(15-26)25(20)14-16-7-8-16)19-11-9-18(10-12-19)17-5-3-4-6-17/h5,9-12,16,20-21,23,26H,2-4,6-8,13-15H2,1H3,(H,24,27)/t20-,21-,23-/m1/s1. The third-order valence-electron chi connectivity index (χ3n) is 6.57. The molecule has 1 aromatic rings. The number of rotatable bonds is 8. The number of hydrogen-bond donors (Lipinski definition) is 2. The number of allylic oxidation sites excluding steroid dienone is 2. The van der Waals surface area contributed by atoms with Crippen molar-refractivity contribution in [3.63, 3.8) is 0 Å². The molecule has 1 aromatic carbocycles. The molecule has 0 aromatic heterocycles. The Labute approximate surface area is 162 Å². The molecule has 0 bridgehead atoms. The van der Waals surface area contributed by atoms with Crippen LogP contribution in [-0.4, -0.2) is 47.7 Å². The second-order valence-corrected chi connectivity index (χ2v) is 8.38. The van der Waals surface area contributed by atoms with Crippen LogP contribution in [0.3, 0.4) is 0 Å². The molecule has 4 heteroatoms. The molecule has 2 aliphatic carbocycles. The van der Waals surface area contributed by atoms with Crippen molar-refractivity contribution < 1.29 is 9.90 Å². The summed E-state index contributed by atoms with van der Waals surface area (Å²) in [5, 5.41) is 13.1. The van der Waals surface area contributed by atoms with Gasteiger partial charge in [-0.1, -0.05) is 37.3 Å². The van der Waals surface area contributed by atoms with E-state index in [2.05, 4.69) is 40.6 Å². The fourth-order valence-electron chi connectivity index (χ4n) is 4.79. The van der Waals surface area contributed by atoms with Crippen LogP contribution in [-0.2, 0) is 4.79 Å². The summed E-state index contributed by atoms with van der Waals surface area (Å²) in [7, 11) is 0. The number of carbonyl (C=O) groups is 1. The van der Waals surface area contributed by atoms with Crippen molar-refractivity contribution in [1.82, 2.24) is 10.2 Å². The van der Waals surface area contributed by atoms with E-state index in [1.165, 1.54) is 48.8 Å². The lowest BCUT2D eigenvalue weighted by Gasteiger charge is -2.55. The fraction of sp³-hybridized carbons (Fsp3) is 0.609. The van der Waals surface area contributed by atoms with Crippen molar-refractivity contribution in [3.05, 3.63) is 41.5 Å². The predicted octanol–water partition coefficient (Wildman–Crippen LogP) is 3.32. The van der Waals surface area contributed by atoms with Gasteiger partial charge in [0.25, 0.3) is 0 Å². The van der Waals surface area contributed by atoms with Gasteiger partial charge in [-0.05, 0) is 54.7 Å². The van der Waals surface area contributed by atoms with Crippen LogP contribution in [0, 0.1) is 5.92 Å². The van der Waals surface area contributed by atoms with Crippen LogP contribution < -0.4 is 5.32 Å². The molecule has 1 aliphatic heterocycles. The highest BCUT2D eigenvalue weighted by atomic mass is 16.3. The predicted molar refractivity (Wildman–Crippen MR) is 108 cm³/mol. The van der Waals surface area contributed by atoms with Gasteiger partial charge in [0.05, 0.1) is 6.61 Å². The normalized spacial score (nSPS) is 27.9. The minimum absolute atomic E-state index is 0.107. The van der Waals surface area contributed by atoms with Gasteiger partial charge in [0, 0.05) is 37.5 Å². The molecule has 2 N–H and O–H groups in total. The topological polar surface area (TPSA) is 52.6 Å². The number of amides is 1. The minimum Gasteiger partial charge on any atom is -0.395 e. The first-order valence-corrected chi connectivity index (χ1v) is 10.6. The number of nitrogens with one attached hydrogen (secondary N) is 1. The van der Waals surface area contributed by atoms with Crippen LogP contribution in [0.1, 0.15) is 62.5 Å². The Morgan fingerprint density at radius 1 is 1.22 bits per heavy atom. The van der Waals surface area contributed by atoms with Crippen LogP contribution in [0.15, 0.2) is 30.3 Å². The van der Waals surface area contributed by atoms with Gasteiger partial charge in [0.1, 0.15) is 0 Å². The van der Waals surface area contributed by atoms with Crippen molar-refractivity contribution in [1.29, 1.82) is 0 Å². The maximum Gasteiger partial charge on any atom is 0.219 e. The highest BCUT2D eigenvalue weighted by molar-refractivity contribution is 5.75. The van der Waals surface area contributed by atoms with E-state index in [1.54, 1.807) is 0 Å². The minimum atomic E-state index is 0.107. The number of carbonyl (C=O) groups excluding carboxylic acids is 1. The van der Waals surface area contributed by atoms with E-state index in [0.717, 1.165) is 12.5 Å². The number of aliphatic hydroxyl groups is 1. The van der Waals surface area contributed by atoms with Gasteiger partial charge < -0.3 is 10.4 Å². The smallest absolute Gasteiger partial charge is 0.219 e. The largest absolute Gasteiger partial charge is 0.395 e. The molecule has 146 valence electrons. The number of hydrogen-bond acceptors (Lipinski definition) is 3. The number of aliphatic hydroxyl groups excluding tert-OH is 1. The van der Waals surface area contributed by atoms with Crippen LogP contribution in [0.2, 0.25) is 0 Å². The number of likely N-dealkylation sites (tertiary alicyclic amines) is 1. The molecule has 0 unspecified atom stereocenters. The quantitative estimate of drug-likeness (QED) is 0.740. The zero-order valence-electron chi connectivity index (χ0n) is 16.4. The van der Waals surface area contributed by atoms with Crippen molar-refractivity contribution in [2.75, 3.05) is 19.7 Å². The van der Waals surface area contributed by atoms with E-state index in [1.807, 2.05) is 6.92 Å². The molecule has 1 amide bonds. The van der Waals surface area contributed by atoms with Crippen molar-refractivity contribution in [2.45, 2.75) is 63.5 Å². The lowest BCUT2D eigenvalue weighted by atomic mass is 9.74. The molecule has 0 radical (unpaired) electrons. The molecular formula is C23H32N2O2. The molecule has 1 saturated carbocycles. The average molecular weight is 369 g/mol. The Balaban J connectivity index is 1.50. The Hall–Kier alpha value is -1.65. The van der Waals surface area contributed by atoms with Crippen molar-refractivity contribution in [3.8, 4) is 0 Å². The van der Waals surface area contributed by atoms with Gasteiger partial charge in [-0.25, -0.2) is 0 Å². The summed E-state index contributed by atoms with van der Waals surface area (Å²) in [4.78, 5) is 14.2. The molecule has 1 heterocycles. The van der Waals surface area contributed by atoms with Crippen molar-refractivity contribution in [2.24, 2.45) is 5.92 Å². The molecule has 1 saturated heterocycles. The number of benzene rings is 1. The van der Waals surface area contributed by atoms with Gasteiger partial charge in [0.2, 0.25) is 5.91 Å². The van der Waals surface area contributed by atoms with Gasteiger partial charge in [0.15, 0.2) is 0 Å². The highest BCUT2D eigenvalue weighted by Crippen LogP contribution is 2.44. The Morgan fingerprint density at radius 2 is 2.00 bits per heavy atom. The molecule has 3 atom stereocenters. The SMILES string of the molecule is CCC(=O)NC[C@@H]1[C@@H](c2ccc(C3=CCCC3)cc2)[C@@H](CO)N1CC1CC1. The monoisotopic (exact) mass is 368 g/mol. The third kappa shape index (κ3) is 3.97. The Kier molecular flexibility index (Phi) is 5.65. The lowest BCUT2D eigenvalue weighted by Crippen LogP contribution is -2.67. The third-order valence-corrected chi connectivity index (χ3v) is 6.57. The molecule has 2 fully saturated rings. The van der Waals surface area contributed by atoms with E-state index >= 15 is 0 Å². The summed E-state index contributed by atoms with van der Waals surface area (Å²) < 4.78 is 0. The molecular weight excluding hydrogens is 336 g/mol. The summed E-state index contributed by atoms with van der Waals surface area (Å²) in [5.41, 5.74) is 4.09. The second kappa shape index (κ2) is 8.15. The zero-order valence-corrected chi connectivity index (χ0v) is 16.4. The van der Waals surface area contributed by atoms with Crippen LogP contribution >= 0.6 is 0 Å². The van der Waals surface area contributed by atoms with Gasteiger partial charge in [-0.3, -0.25) is 9.69 Å². The maximum absolute atomic E-state index is 11.8. The second-order valence-electron chi connectivity index (χ2n) is 8.38. The fourth-order valence-corrected chi connectivity index (χ4v) is 4.79. The van der Waals surface area contributed by atoms with Crippen molar-refractivity contribution >= 4 is 11.5 Å². The molecule has 4 nitrogen and oxygen atoms in total. The van der Waals surface area contributed by atoms with Gasteiger partial charge in [-0.15, -0.1) is 0 Å². The van der Waals surface area contributed by atoms with E-state index in [9.17, 15) is 9.90 Å². The first kappa shape index (κ1) is 18.7. The van der Waals surface area contributed by atoms with Crippen LogP contribution in [0.5, 0.6) is 0 Å². The van der Waals surface area contributed by atoms with E-state index in [4.69, 9.17) is 0 Å². The summed E-state index contributed by atoms with van der Waals surface area (Å²) in [6, 6.07) is 9.43. The van der Waals surface area contributed by atoms with E-state index in [-0.39, 0.29) is 30.5 Å². The average Bonchev–Trinajstić information content (AvgIpc) is 3.35. The van der Waals surface area contributed by atoms with E-state index < -0.39 is 0 Å². The molecule has 4 rings (SSSR count). The summed E-state index contributed by atoms with van der Waals surface area (Å²) in [6.45, 7) is 3.80. The van der Waals surface area contributed by atoms with Crippen LogP contribution in [0.25, 0.3) is 5.57 Å². The summed E-state index contributed by atoms with van der Waals surface area (Å²) in [5.74, 6) is 1.18. The Bertz CT molecular complexity index is 693. The highest BCUT2D eigenvalue weighted by Gasteiger charge is 2.49. The first-order valence-electron chi connectivity index (χ1n) is 10.6. The van der Waals surface area contributed by atoms with Gasteiger partial charge in [-0.2, -0.15) is 0 Å². The Morgan fingerprint density at radius 3 is 2.59 bits per heavy atom. The summed E-state index contributed by atoms with van der Waals surface area (Å²) >= 11 is 0. The van der Waals surface area contributed by atoms with Crippen LogP contribution in [0.4, 0.5) is 0 Å². The number of nitrogens with zero attached hydrogens (tertiary/aromatic N) is 1. The first-order chi connectivity index (χ1) is 13.2.